The van der Waals surface area contributed by atoms with E-state index in [9.17, 15) is 14.0 Å². The summed E-state index contributed by atoms with van der Waals surface area (Å²) >= 11 is 0.923. The van der Waals surface area contributed by atoms with E-state index in [0.29, 0.717) is 17.8 Å². The first-order valence-corrected chi connectivity index (χ1v) is 6.91. The standard InChI is InChI=1S/C13H12FN3O3S/c1-2-10-12(21-17-16-10)13(19)20-7-11(18)15-9-5-3-4-8(14)6-9/h3-6H,2,7H2,1H3,(H,15,18). The van der Waals surface area contributed by atoms with Crippen LogP contribution in [0.5, 0.6) is 0 Å². The molecule has 110 valence electrons. The summed E-state index contributed by atoms with van der Waals surface area (Å²) in [5, 5.41) is 6.21. The van der Waals surface area contributed by atoms with E-state index in [1.807, 2.05) is 6.92 Å². The van der Waals surface area contributed by atoms with Gasteiger partial charge in [0.15, 0.2) is 11.5 Å². The molecule has 0 fully saturated rings. The molecule has 0 aliphatic heterocycles. The van der Waals surface area contributed by atoms with Crippen molar-refractivity contribution in [2.75, 3.05) is 11.9 Å². The lowest BCUT2D eigenvalue weighted by Crippen LogP contribution is -2.21. The summed E-state index contributed by atoms with van der Waals surface area (Å²) in [4.78, 5) is 23.7. The molecule has 21 heavy (non-hydrogen) atoms. The van der Waals surface area contributed by atoms with Crippen molar-refractivity contribution in [3.05, 3.63) is 40.7 Å². The fraction of sp³-hybridized carbons (Fsp3) is 0.231. The minimum Gasteiger partial charge on any atom is -0.451 e. The van der Waals surface area contributed by atoms with Crippen molar-refractivity contribution in [2.24, 2.45) is 0 Å². The number of ether oxygens (including phenoxy) is 1. The van der Waals surface area contributed by atoms with Crippen molar-refractivity contribution < 1.29 is 18.7 Å². The minimum absolute atomic E-state index is 0.288. The molecule has 1 aromatic carbocycles. The summed E-state index contributed by atoms with van der Waals surface area (Å²) < 4.78 is 21.5. The number of halogens is 1. The highest BCUT2D eigenvalue weighted by Crippen LogP contribution is 2.13. The fourth-order valence-electron chi connectivity index (χ4n) is 1.55. The molecule has 0 saturated heterocycles. The number of anilines is 1. The predicted octanol–water partition coefficient (Wildman–Crippen LogP) is 2.04. The zero-order chi connectivity index (χ0) is 15.2. The summed E-state index contributed by atoms with van der Waals surface area (Å²) in [6.45, 7) is 1.38. The van der Waals surface area contributed by atoms with E-state index in [1.165, 1.54) is 24.3 Å². The molecule has 1 amide bonds. The van der Waals surface area contributed by atoms with E-state index < -0.39 is 24.3 Å². The predicted molar refractivity (Wildman–Crippen MR) is 74.6 cm³/mol. The van der Waals surface area contributed by atoms with Gasteiger partial charge in [0, 0.05) is 5.69 Å². The first-order chi connectivity index (χ1) is 10.1. The number of benzene rings is 1. The van der Waals surface area contributed by atoms with Crippen LogP contribution in [0.25, 0.3) is 0 Å². The first kappa shape index (κ1) is 15.0. The smallest absolute Gasteiger partial charge is 0.352 e. The Bertz CT molecular complexity index is 660. The average Bonchev–Trinajstić information content (AvgIpc) is 2.93. The van der Waals surface area contributed by atoms with Crippen LogP contribution in [0.2, 0.25) is 0 Å². The highest BCUT2D eigenvalue weighted by Gasteiger charge is 2.17. The van der Waals surface area contributed by atoms with E-state index in [4.69, 9.17) is 4.74 Å². The van der Waals surface area contributed by atoms with E-state index in [0.717, 1.165) is 11.5 Å². The van der Waals surface area contributed by atoms with Crippen LogP contribution in [0.3, 0.4) is 0 Å². The van der Waals surface area contributed by atoms with Crippen molar-refractivity contribution in [3.63, 3.8) is 0 Å². The number of hydrogen-bond donors (Lipinski definition) is 1. The summed E-state index contributed by atoms with van der Waals surface area (Å²) in [5.74, 6) is -1.66. The van der Waals surface area contributed by atoms with Gasteiger partial charge in [-0.05, 0) is 36.2 Å². The van der Waals surface area contributed by atoms with Gasteiger partial charge in [0.05, 0.1) is 5.69 Å². The summed E-state index contributed by atoms with van der Waals surface area (Å²) in [6, 6.07) is 5.43. The van der Waals surface area contributed by atoms with Gasteiger partial charge < -0.3 is 10.1 Å². The lowest BCUT2D eigenvalue weighted by molar-refractivity contribution is -0.119. The summed E-state index contributed by atoms with van der Waals surface area (Å²) in [5.41, 5.74) is 0.834. The molecular weight excluding hydrogens is 297 g/mol. The van der Waals surface area contributed by atoms with Crippen LogP contribution in [-0.4, -0.2) is 28.1 Å². The number of aromatic nitrogens is 2. The van der Waals surface area contributed by atoms with Gasteiger partial charge in [0.25, 0.3) is 5.91 Å². The van der Waals surface area contributed by atoms with Gasteiger partial charge in [-0.3, -0.25) is 4.79 Å². The molecule has 0 atom stereocenters. The quantitative estimate of drug-likeness (QED) is 0.855. The maximum absolute atomic E-state index is 13.0. The number of carbonyl (C=O) groups excluding carboxylic acids is 2. The minimum atomic E-state index is -0.642. The fourth-order valence-corrected chi connectivity index (χ4v) is 2.20. The molecule has 8 heteroatoms. The van der Waals surface area contributed by atoms with Crippen molar-refractivity contribution in [2.45, 2.75) is 13.3 Å². The number of carbonyl (C=O) groups is 2. The number of aryl methyl sites for hydroxylation is 1. The van der Waals surface area contributed by atoms with Gasteiger partial charge in [0.1, 0.15) is 5.82 Å². The Morgan fingerprint density at radius 2 is 2.24 bits per heavy atom. The maximum atomic E-state index is 13.0. The Morgan fingerprint density at radius 1 is 1.43 bits per heavy atom. The maximum Gasteiger partial charge on any atom is 0.352 e. The van der Waals surface area contributed by atoms with Gasteiger partial charge in [-0.1, -0.05) is 17.5 Å². The van der Waals surface area contributed by atoms with Crippen LogP contribution < -0.4 is 5.32 Å². The Kier molecular flexibility index (Phi) is 4.94. The van der Waals surface area contributed by atoms with Crippen molar-refractivity contribution in [3.8, 4) is 0 Å². The number of nitrogens with one attached hydrogen (secondary N) is 1. The first-order valence-electron chi connectivity index (χ1n) is 6.14. The van der Waals surface area contributed by atoms with Gasteiger partial charge in [-0.25, -0.2) is 9.18 Å². The largest absolute Gasteiger partial charge is 0.451 e. The van der Waals surface area contributed by atoms with Crippen molar-refractivity contribution in [1.29, 1.82) is 0 Å². The topological polar surface area (TPSA) is 81.2 Å². The molecule has 6 nitrogen and oxygen atoms in total. The van der Waals surface area contributed by atoms with Crippen LogP contribution in [0.1, 0.15) is 22.3 Å². The summed E-state index contributed by atoms with van der Waals surface area (Å²) in [6.07, 6.45) is 0.552. The lowest BCUT2D eigenvalue weighted by atomic mass is 10.3. The van der Waals surface area contributed by atoms with E-state index >= 15 is 0 Å². The molecule has 0 saturated carbocycles. The Balaban J connectivity index is 1.88. The van der Waals surface area contributed by atoms with Crippen LogP contribution in [0, 0.1) is 5.82 Å². The number of nitrogens with zero attached hydrogens (tertiary/aromatic N) is 2. The SMILES string of the molecule is CCc1nnsc1C(=O)OCC(=O)Nc1cccc(F)c1. The molecule has 1 heterocycles. The third kappa shape index (κ3) is 4.06. The Morgan fingerprint density at radius 3 is 2.95 bits per heavy atom. The zero-order valence-corrected chi connectivity index (χ0v) is 11.9. The molecule has 2 rings (SSSR count). The number of amides is 1. The van der Waals surface area contributed by atoms with Gasteiger partial charge in [0.2, 0.25) is 0 Å². The second-order valence-electron chi connectivity index (χ2n) is 4.04. The number of rotatable bonds is 5. The second kappa shape index (κ2) is 6.89. The van der Waals surface area contributed by atoms with E-state index in [1.54, 1.807) is 0 Å². The van der Waals surface area contributed by atoms with E-state index in [2.05, 4.69) is 14.9 Å². The average molecular weight is 309 g/mol. The van der Waals surface area contributed by atoms with Gasteiger partial charge in [-0.15, -0.1) is 5.10 Å². The lowest BCUT2D eigenvalue weighted by Gasteiger charge is -2.06. The van der Waals surface area contributed by atoms with Crippen molar-refractivity contribution >= 4 is 29.1 Å². The van der Waals surface area contributed by atoms with Crippen LogP contribution in [-0.2, 0) is 16.0 Å². The number of hydrogen-bond acceptors (Lipinski definition) is 6. The molecule has 1 N–H and O–H groups in total. The zero-order valence-electron chi connectivity index (χ0n) is 11.1. The van der Waals surface area contributed by atoms with Crippen LogP contribution in [0.4, 0.5) is 10.1 Å². The Hall–Kier alpha value is -2.35. The van der Waals surface area contributed by atoms with E-state index in [-0.39, 0.29) is 4.88 Å². The van der Waals surface area contributed by atoms with Crippen LogP contribution in [0.15, 0.2) is 24.3 Å². The second-order valence-corrected chi connectivity index (χ2v) is 4.79. The molecule has 0 aliphatic rings. The molecule has 0 unspecified atom stereocenters. The molecule has 0 spiro atoms. The molecule has 0 bridgehead atoms. The van der Waals surface area contributed by atoms with Crippen LogP contribution >= 0.6 is 11.5 Å². The third-order valence-corrected chi connectivity index (χ3v) is 3.27. The Labute approximate surface area is 124 Å². The normalized spacial score (nSPS) is 10.2. The van der Waals surface area contributed by atoms with Gasteiger partial charge in [-0.2, -0.15) is 0 Å². The molecule has 2 aromatic rings. The molecule has 1 aromatic heterocycles. The highest BCUT2D eigenvalue weighted by molar-refractivity contribution is 7.07. The summed E-state index contributed by atoms with van der Waals surface area (Å²) in [7, 11) is 0. The monoisotopic (exact) mass is 309 g/mol. The number of esters is 1. The molecular formula is C13H12FN3O3S. The third-order valence-electron chi connectivity index (χ3n) is 2.52. The highest BCUT2D eigenvalue weighted by atomic mass is 32.1. The van der Waals surface area contributed by atoms with Crippen molar-refractivity contribution in [1.82, 2.24) is 9.59 Å². The molecule has 0 aliphatic carbocycles. The molecule has 0 radical (unpaired) electrons. The van der Waals surface area contributed by atoms with Gasteiger partial charge >= 0.3 is 5.97 Å².